The van der Waals surface area contributed by atoms with Gasteiger partial charge in [0.05, 0.1) is 30.1 Å². The van der Waals surface area contributed by atoms with Crippen molar-refractivity contribution in [2.45, 2.75) is 51.1 Å². The summed E-state index contributed by atoms with van der Waals surface area (Å²) in [7, 11) is 0. The molecule has 0 saturated carbocycles. The number of benzene rings is 2. The minimum Gasteiger partial charge on any atom is -0.300 e. The Morgan fingerprint density at radius 1 is 1.13 bits per heavy atom. The van der Waals surface area contributed by atoms with Crippen molar-refractivity contribution in [1.82, 2.24) is 24.9 Å². The lowest BCUT2D eigenvalue weighted by molar-refractivity contribution is 0.102. The molecule has 1 amide bonds. The van der Waals surface area contributed by atoms with Gasteiger partial charge in [0.2, 0.25) is 0 Å². The number of nitrogens with zero attached hydrogens (tertiary/aromatic N) is 6. The molecule has 9 heteroatoms. The Morgan fingerprint density at radius 2 is 1.97 bits per heavy atom. The number of hydrogen-bond donors (Lipinski definition) is 1. The number of carbonyl (C=O) groups excluding carboxylic acids is 1. The van der Waals surface area contributed by atoms with Gasteiger partial charge in [-0.15, -0.1) is 16.4 Å². The van der Waals surface area contributed by atoms with Gasteiger partial charge in [-0.25, -0.2) is 9.67 Å². The first-order chi connectivity index (χ1) is 18.6. The van der Waals surface area contributed by atoms with Crippen molar-refractivity contribution in [2.75, 3.05) is 18.4 Å². The van der Waals surface area contributed by atoms with E-state index in [9.17, 15) is 4.79 Å². The molecular weight excluding hydrogens is 494 g/mol. The molecule has 6 rings (SSSR count). The first-order valence-electron chi connectivity index (χ1n) is 13.2. The highest BCUT2D eigenvalue weighted by atomic mass is 32.1. The molecule has 0 bridgehead atoms. The highest BCUT2D eigenvalue weighted by molar-refractivity contribution is 7.15. The fourth-order valence-corrected chi connectivity index (χ4v) is 6.47. The number of nitriles is 1. The van der Waals surface area contributed by atoms with Crippen LogP contribution in [0.4, 0.5) is 5.13 Å². The Kier molecular flexibility index (Phi) is 6.99. The van der Waals surface area contributed by atoms with Crippen molar-refractivity contribution in [3.05, 3.63) is 82.0 Å². The second kappa shape index (κ2) is 10.9. The van der Waals surface area contributed by atoms with Crippen LogP contribution in [0.2, 0.25) is 0 Å². The lowest BCUT2D eigenvalue weighted by Crippen LogP contribution is -2.42. The van der Waals surface area contributed by atoms with E-state index >= 15 is 0 Å². The number of rotatable bonds is 6. The van der Waals surface area contributed by atoms with Crippen LogP contribution in [0.3, 0.4) is 0 Å². The molecule has 192 valence electrons. The monoisotopic (exact) mass is 523 g/mol. The van der Waals surface area contributed by atoms with Crippen LogP contribution in [-0.2, 0) is 19.4 Å². The van der Waals surface area contributed by atoms with Crippen LogP contribution in [0, 0.1) is 11.3 Å². The van der Waals surface area contributed by atoms with E-state index in [1.165, 1.54) is 37.2 Å². The number of fused-ring (bicyclic) bond motifs is 1. The zero-order valence-corrected chi connectivity index (χ0v) is 22.0. The lowest BCUT2D eigenvalue weighted by atomic mass is 9.94. The minimum atomic E-state index is -0.151. The van der Waals surface area contributed by atoms with E-state index in [4.69, 9.17) is 10.2 Å². The van der Waals surface area contributed by atoms with E-state index in [1.54, 1.807) is 28.2 Å². The van der Waals surface area contributed by atoms with E-state index in [-0.39, 0.29) is 5.91 Å². The molecule has 1 saturated heterocycles. The summed E-state index contributed by atoms with van der Waals surface area (Å²) in [6.07, 6.45) is 9.02. The van der Waals surface area contributed by atoms with Crippen LogP contribution in [0.1, 0.15) is 57.7 Å². The van der Waals surface area contributed by atoms with Crippen molar-refractivity contribution < 1.29 is 4.79 Å². The Hall–Kier alpha value is -3.87. The van der Waals surface area contributed by atoms with Crippen LogP contribution < -0.4 is 5.32 Å². The molecule has 0 spiro atoms. The van der Waals surface area contributed by atoms with Gasteiger partial charge in [0.15, 0.2) is 5.13 Å². The SMILES string of the molecule is N#Cc1ccc(-c2cn(Cc3cccc(C(=O)Nc4nc5c(s4)CC(N4CCCCC4)CC5)c3)nn2)cc1. The average molecular weight is 524 g/mol. The zero-order chi connectivity index (χ0) is 25.9. The van der Waals surface area contributed by atoms with E-state index < -0.39 is 0 Å². The Bertz CT molecular complexity index is 1480. The van der Waals surface area contributed by atoms with E-state index in [0.29, 0.717) is 28.8 Å². The van der Waals surface area contributed by atoms with Gasteiger partial charge in [-0.2, -0.15) is 5.26 Å². The maximum Gasteiger partial charge on any atom is 0.257 e. The standard InChI is InChI=1S/C29H29N7OS/c30-17-20-7-9-22(10-8-20)26-19-36(34-33-26)18-21-5-4-6-23(15-21)28(37)32-29-31-25-12-11-24(16-27(25)38-29)35-13-2-1-3-14-35/h4-10,15,19,24H,1-3,11-14,16,18H2,(H,31,32,37). The number of piperidine rings is 1. The molecule has 3 heterocycles. The van der Waals surface area contributed by atoms with Crippen LogP contribution in [0.25, 0.3) is 11.3 Å². The van der Waals surface area contributed by atoms with Gasteiger partial charge in [-0.3, -0.25) is 10.1 Å². The number of anilines is 1. The van der Waals surface area contributed by atoms with E-state index in [2.05, 4.69) is 26.6 Å². The van der Waals surface area contributed by atoms with Crippen LogP contribution in [0.5, 0.6) is 0 Å². The Labute approximate surface area is 225 Å². The molecule has 1 unspecified atom stereocenters. The summed E-state index contributed by atoms with van der Waals surface area (Å²) in [5.74, 6) is -0.151. The fourth-order valence-electron chi connectivity index (χ4n) is 5.40. The smallest absolute Gasteiger partial charge is 0.257 e. The number of carbonyl (C=O) groups is 1. The van der Waals surface area contributed by atoms with Crippen molar-refractivity contribution in [3.63, 3.8) is 0 Å². The van der Waals surface area contributed by atoms with E-state index in [0.717, 1.165) is 41.8 Å². The molecule has 2 aliphatic rings. The van der Waals surface area contributed by atoms with Crippen LogP contribution in [-0.4, -0.2) is 49.9 Å². The summed E-state index contributed by atoms with van der Waals surface area (Å²) in [5, 5.41) is 21.2. The van der Waals surface area contributed by atoms with Gasteiger partial charge in [-0.1, -0.05) is 35.9 Å². The molecule has 2 aromatic heterocycles. The molecule has 1 aliphatic heterocycles. The predicted octanol–water partition coefficient (Wildman–Crippen LogP) is 4.92. The highest BCUT2D eigenvalue weighted by Crippen LogP contribution is 2.32. The number of nitrogens with one attached hydrogen (secondary N) is 1. The average Bonchev–Trinajstić information content (AvgIpc) is 3.60. The molecule has 1 atom stereocenters. The third-order valence-electron chi connectivity index (χ3n) is 7.42. The summed E-state index contributed by atoms with van der Waals surface area (Å²) in [6, 6.07) is 17.6. The zero-order valence-electron chi connectivity index (χ0n) is 21.1. The van der Waals surface area contributed by atoms with Gasteiger partial charge in [0.25, 0.3) is 5.91 Å². The molecule has 1 fully saturated rings. The number of aryl methyl sites for hydroxylation is 1. The van der Waals surface area contributed by atoms with Crippen LogP contribution >= 0.6 is 11.3 Å². The largest absolute Gasteiger partial charge is 0.300 e. The summed E-state index contributed by atoms with van der Waals surface area (Å²) in [5.41, 5.74) is 4.94. The maximum atomic E-state index is 13.1. The molecule has 38 heavy (non-hydrogen) atoms. The molecule has 2 aromatic carbocycles. The molecule has 0 radical (unpaired) electrons. The van der Waals surface area contributed by atoms with Gasteiger partial charge < -0.3 is 4.90 Å². The molecular formula is C29H29N7OS. The first-order valence-corrected chi connectivity index (χ1v) is 14.0. The molecule has 8 nitrogen and oxygen atoms in total. The third kappa shape index (κ3) is 5.37. The fraction of sp³-hybridized carbons (Fsp3) is 0.345. The number of amides is 1. The maximum absolute atomic E-state index is 13.1. The van der Waals surface area contributed by atoms with Crippen molar-refractivity contribution >= 4 is 22.4 Å². The minimum absolute atomic E-state index is 0.151. The van der Waals surface area contributed by atoms with Gasteiger partial charge in [0, 0.05) is 22.0 Å². The Morgan fingerprint density at radius 3 is 2.79 bits per heavy atom. The number of thiazole rings is 1. The number of hydrogen-bond acceptors (Lipinski definition) is 7. The van der Waals surface area contributed by atoms with Gasteiger partial charge >= 0.3 is 0 Å². The number of likely N-dealkylation sites (tertiary alicyclic amines) is 1. The predicted molar refractivity (Wildman–Crippen MR) is 147 cm³/mol. The molecule has 1 N–H and O–H groups in total. The quantitative estimate of drug-likeness (QED) is 0.385. The third-order valence-corrected chi connectivity index (χ3v) is 8.46. The van der Waals surface area contributed by atoms with Crippen molar-refractivity contribution in [1.29, 1.82) is 5.26 Å². The molecule has 1 aliphatic carbocycles. The van der Waals surface area contributed by atoms with Crippen LogP contribution in [0.15, 0.2) is 54.7 Å². The number of aromatic nitrogens is 4. The topological polar surface area (TPSA) is 99.7 Å². The summed E-state index contributed by atoms with van der Waals surface area (Å²) in [4.78, 5) is 21.8. The first kappa shape index (κ1) is 24.5. The second-order valence-corrected chi connectivity index (χ2v) is 11.1. The van der Waals surface area contributed by atoms with Crippen molar-refractivity contribution in [2.24, 2.45) is 0 Å². The highest BCUT2D eigenvalue weighted by Gasteiger charge is 2.28. The molecule has 4 aromatic rings. The summed E-state index contributed by atoms with van der Waals surface area (Å²) >= 11 is 1.63. The van der Waals surface area contributed by atoms with Gasteiger partial charge in [0.1, 0.15) is 5.69 Å². The summed E-state index contributed by atoms with van der Waals surface area (Å²) in [6.45, 7) is 2.92. The summed E-state index contributed by atoms with van der Waals surface area (Å²) < 4.78 is 1.75. The normalized spacial score (nSPS) is 17.5. The lowest BCUT2D eigenvalue weighted by Gasteiger charge is -2.36. The Balaban J connectivity index is 1.10. The second-order valence-electron chi connectivity index (χ2n) is 10.0. The van der Waals surface area contributed by atoms with E-state index in [1.807, 2.05) is 42.6 Å². The van der Waals surface area contributed by atoms with Gasteiger partial charge in [-0.05, 0) is 75.0 Å². The van der Waals surface area contributed by atoms with Crippen molar-refractivity contribution in [3.8, 4) is 17.3 Å².